The third-order valence-corrected chi connectivity index (χ3v) is 3.11. The summed E-state index contributed by atoms with van der Waals surface area (Å²) < 4.78 is 10.0. The maximum atomic E-state index is 11.8. The van der Waals surface area contributed by atoms with Gasteiger partial charge in [-0.1, -0.05) is 0 Å². The van der Waals surface area contributed by atoms with E-state index < -0.39 is 0 Å². The van der Waals surface area contributed by atoms with Crippen LogP contribution >= 0.6 is 0 Å². The predicted octanol–water partition coefficient (Wildman–Crippen LogP) is -0.237. The van der Waals surface area contributed by atoms with Crippen LogP contribution < -0.4 is 5.73 Å². The number of nitrogens with zero attached hydrogens (tertiary/aromatic N) is 1. The molecule has 6 nitrogen and oxygen atoms in total. The number of primary amides is 1. The van der Waals surface area contributed by atoms with Crippen molar-refractivity contribution in [2.45, 2.75) is 19.3 Å². The van der Waals surface area contributed by atoms with Crippen molar-refractivity contribution in [1.82, 2.24) is 4.90 Å². The van der Waals surface area contributed by atoms with Gasteiger partial charge in [0.2, 0.25) is 11.8 Å². The van der Waals surface area contributed by atoms with Crippen molar-refractivity contribution in [3.63, 3.8) is 0 Å². The summed E-state index contributed by atoms with van der Waals surface area (Å²) in [5.74, 6) is 0.0623. The number of likely N-dealkylation sites (tertiary alicyclic amines) is 1. The van der Waals surface area contributed by atoms with Crippen LogP contribution in [0.5, 0.6) is 0 Å². The van der Waals surface area contributed by atoms with Crippen LogP contribution in [-0.2, 0) is 19.1 Å². The SMILES string of the molecule is COCCOCC(=O)N1CCC(CC(N)=O)CC1. The quantitative estimate of drug-likeness (QED) is 0.639. The predicted molar refractivity (Wildman–Crippen MR) is 65.8 cm³/mol. The van der Waals surface area contributed by atoms with Crippen LogP contribution in [0.25, 0.3) is 0 Å². The monoisotopic (exact) mass is 258 g/mol. The highest BCUT2D eigenvalue weighted by Gasteiger charge is 2.23. The zero-order valence-corrected chi connectivity index (χ0v) is 10.9. The van der Waals surface area contributed by atoms with Crippen LogP contribution in [0.4, 0.5) is 0 Å². The largest absolute Gasteiger partial charge is 0.382 e. The van der Waals surface area contributed by atoms with Gasteiger partial charge in [0, 0.05) is 26.6 Å². The molecule has 0 spiro atoms. The van der Waals surface area contributed by atoms with Gasteiger partial charge in [-0.15, -0.1) is 0 Å². The van der Waals surface area contributed by atoms with Gasteiger partial charge < -0.3 is 20.1 Å². The van der Waals surface area contributed by atoms with Crippen LogP contribution in [-0.4, -0.2) is 56.7 Å². The van der Waals surface area contributed by atoms with E-state index in [9.17, 15) is 9.59 Å². The number of methoxy groups -OCH3 is 1. The molecule has 0 saturated carbocycles. The highest BCUT2D eigenvalue weighted by molar-refractivity contribution is 5.77. The van der Waals surface area contributed by atoms with Crippen molar-refractivity contribution in [1.29, 1.82) is 0 Å². The number of nitrogens with two attached hydrogens (primary N) is 1. The highest BCUT2D eigenvalue weighted by Crippen LogP contribution is 2.20. The van der Waals surface area contributed by atoms with Gasteiger partial charge in [-0.3, -0.25) is 9.59 Å². The smallest absolute Gasteiger partial charge is 0.248 e. The summed E-state index contributed by atoms with van der Waals surface area (Å²) in [5, 5.41) is 0. The first-order valence-electron chi connectivity index (χ1n) is 6.26. The lowest BCUT2D eigenvalue weighted by molar-refractivity contribution is -0.138. The number of rotatable bonds is 7. The van der Waals surface area contributed by atoms with Crippen molar-refractivity contribution >= 4 is 11.8 Å². The maximum absolute atomic E-state index is 11.8. The van der Waals surface area contributed by atoms with Gasteiger partial charge in [-0.25, -0.2) is 0 Å². The molecule has 0 radical (unpaired) electrons. The zero-order chi connectivity index (χ0) is 13.4. The number of carbonyl (C=O) groups excluding carboxylic acids is 2. The molecule has 0 bridgehead atoms. The fraction of sp³-hybridized carbons (Fsp3) is 0.833. The Hall–Kier alpha value is -1.14. The molecular weight excluding hydrogens is 236 g/mol. The normalized spacial score (nSPS) is 16.8. The van der Waals surface area contributed by atoms with Gasteiger partial charge in [-0.05, 0) is 18.8 Å². The summed E-state index contributed by atoms with van der Waals surface area (Å²) in [6.45, 7) is 2.40. The Bertz CT molecular complexity index is 275. The lowest BCUT2D eigenvalue weighted by atomic mass is 9.93. The van der Waals surface area contributed by atoms with E-state index in [0.717, 1.165) is 12.8 Å². The number of carbonyl (C=O) groups is 2. The molecule has 1 heterocycles. The lowest BCUT2D eigenvalue weighted by Gasteiger charge is -2.31. The standard InChI is InChI=1S/C12H22N2O4/c1-17-6-7-18-9-12(16)14-4-2-10(3-5-14)8-11(13)15/h10H,2-9H2,1H3,(H2,13,15). The van der Waals surface area contributed by atoms with Crippen molar-refractivity contribution in [3.05, 3.63) is 0 Å². The molecule has 0 aromatic heterocycles. The summed E-state index contributed by atoms with van der Waals surface area (Å²) >= 11 is 0. The Morgan fingerprint density at radius 1 is 1.28 bits per heavy atom. The van der Waals surface area contributed by atoms with E-state index in [0.29, 0.717) is 38.6 Å². The second kappa shape index (κ2) is 8.05. The second-order valence-electron chi connectivity index (χ2n) is 4.54. The number of amides is 2. The lowest BCUT2D eigenvalue weighted by Crippen LogP contribution is -2.41. The first-order valence-corrected chi connectivity index (χ1v) is 6.26. The Balaban J connectivity index is 2.17. The Labute approximate surface area is 107 Å². The number of hydrogen-bond acceptors (Lipinski definition) is 4. The first-order chi connectivity index (χ1) is 8.63. The number of piperidine rings is 1. The average molecular weight is 258 g/mol. The van der Waals surface area contributed by atoms with Gasteiger partial charge in [0.25, 0.3) is 0 Å². The number of ether oxygens (including phenoxy) is 2. The summed E-state index contributed by atoms with van der Waals surface area (Å²) in [7, 11) is 1.59. The van der Waals surface area contributed by atoms with Gasteiger partial charge in [0.15, 0.2) is 0 Å². The molecule has 0 unspecified atom stereocenters. The van der Waals surface area contributed by atoms with Crippen LogP contribution in [0.15, 0.2) is 0 Å². The van der Waals surface area contributed by atoms with E-state index in [1.165, 1.54) is 0 Å². The van der Waals surface area contributed by atoms with Crippen LogP contribution in [0.1, 0.15) is 19.3 Å². The molecule has 2 amide bonds. The molecule has 0 aromatic carbocycles. The fourth-order valence-electron chi connectivity index (χ4n) is 2.06. The van der Waals surface area contributed by atoms with E-state index in [1.54, 1.807) is 12.0 Å². The van der Waals surface area contributed by atoms with Gasteiger partial charge >= 0.3 is 0 Å². The summed E-state index contributed by atoms with van der Waals surface area (Å²) in [4.78, 5) is 24.3. The highest BCUT2D eigenvalue weighted by atomic mass is 16.5. The van der Waals surface area contributed by atoms with Gasteiger partial charge in [-0.2, -0.15) is 0 Å². The van der Waals surface area contributed by atoms with E-state index in [2.05, 4.69) is 0 Å². The molecule has 0 atom stereocenters. The van der Waals surface area contributed by atoms with Gasteiger partial charge in [0.05, 0.1) is 13.2 Å². The van der Waals surface area contributed by atoms with E-state index in [4.69, 9.17) is 15.2 Å². The third-order valence-electron chi connectivity index (χ3n) is 3.11. The van der Waals surface area contributed by atoms with Crippen molar-refractivity contribution in [2.75, 3.05) is 40.0 Å². The Kier molecular flexibility index (Phi) is 6.67. The fourth-order valence-corrected chi connectivity index (χ4v) is 2.06. The molecule has 1 saturated heterocycles. The maximum Gasteiger partial charge on any atom is 0.248 e. The summed E-state index contributed by atoms with van der Waals surface area (Å²) in [5.41, 5.74) is 5.16. The number of hydrogen-bond donors (Lipinski definition) is 1. The molecule has 1 fully saturated rings. The zero-order valence-electron chi connectivity index (χ0n) is 10.9. The molecule has 1 rings (SSSR count). The summed E-state index contributed by atoms with van der Waals surface area (Å²) in [6.07, 6.45) is 2.10. The molecule has 0 aromatic rings. The molecule has 1 aliphatic heterocycles. The second-order valence-corrected chi connectivity index (χ2v) is 4.54. The van der Waals surface area contributed by atoms with Gasteiger partial charge in [0.1, 0.15) is 6.61 Å². The van der Waals surface area contributed by atoms with Crippen molar-refractivity contribution in [2.24, 2.45) is 11.7 Å². The molecular formula is C12H22N2O4. The van der Waals surface area contributed by atoms with Crippen LogP contribution in [0.3, 0.4) is 0 Å². The molecule has 1 aliphatic rings. The van der Waals surface area contributed by atoms with E-state index in [-0.39, 0.29) is 18.4 Å². The average Bonchev–Trinajstić information content (AvgIpc) is 2.34. The van der Waals surface area contributed by atoms with Crippen molar-refractivity contribution in [3.8, 4) is 0 Å². The van der Waals surface area contributed by atoms with Crippen molar-refractivity contribution < 1.29 is 19.1 Å². The van der Waals surface area contributed by atoms with E-state index >= 15 is 0 Å². The minimum Gasteiger partial charge on any atom is -0.382 e. The summed E-state index contributed by atoms with van der Waals surface area (Å²) in [6, 6.07) is 0. The minimum absolute atomic E-state index is 0.00336. The minimum atomic E-state index is -0.261. The molecule has 0 aliphatic carbocycles. The molecule has 2 N–H and O–H groups in total. The Morgan fingerprint density at radius 3 is 2.50 bits per heavy atom. The third kappa shape index (κ3) is 5.46. The Morgan fingerprint density at radius 2 is 1.94 bits per heavy atom. The van der Waals surface area contributed by atoms with E-state index in [1.807, 2.05) is 0 Å². The van der Waals surface area contributed by atoms with Crippen LogP contribution in [0, 0.1) is 5.92 Å². The topological polar surface area (TPSA) is 81.9 Å². The molecule has 18 heavy (non-hydrogen) atoms. The molecule has 6 heteroatoms. The molecule has 104 valence electrons. The van der Waals surface area contributed by atoms with Crippen LogP contribution in [0.2, 0.25) is 0 Å². The first kappa shape index (κ1) is 14.9.